The van der Waals surface area contributed by atoms with Crippen molar-refractivity contribution in [3.05, 3.63) is 72.9 Å². The highest BCUT2D eigenvalue weighted by molar-refractivity contribution is 5.71. The molecule has 85 heavy (non-hydrogen) atoms. The highest BCUT2D eigenvalue weighted by atomic mass is 16.7. The number of carbonyl (C=O) groups is 3. The van der Waals surface area contributed by atoms with Gasteiger partial charge in [0, 0.05) is 12.8 Å². The Morgan fingerprint density at radius 2 is 0.635 bits per heavy atom. The molecule has 0 amide bonds. The van der Waals surface area contributed by atoms with Gasteiger partial charge in [0.25, 0.3) is 6.29 Å². The lowest BCUT2D eigenvalue weighted by atomic mass is 10.0. The van der Waals surface area contributed by atoms with Crippen molar-refractivity contribution in [1.82, 2.24) is 0 Å². The SMILES string of the molecule is CCCCCCC/C=C\C/C=C\C/C=C\CCCCCCCCCCCCCCCCCCCCCCCCC(=O)OC(COC(=O)CCCCCCCCCC/C=C\C/C=C\C/C=C\CCCCCCC)COC(OCC[N+](C)(C)C)C(=O)O. The van der Waals surface area contributed by atoms with E-state index in [0.29, 0.717) is 17.4 Å². The fourth-order valence-corrected chi connectivity index (χ4v) is 10.4. The van der Waals surface area contributed by atoms with E-state index < -0.39 is 24.3 Å². The number of unbranched alkanes of at least 4 members (excludes halogenated alkanes) is 40. The first kappa shape index (κ1) is 81.7. The number of esters is 2. The number of hydrogen-bond donors (Lipinski definition) is 1. The molecule has 494 valence electrons. The minimum Gasteiger partial charge on any atom is -0.477 e. The predicted molar refractivity (Wildman–Crippen MR) is 364 cm³/mol. The molecule has 0 aromatic carbocycles. The van der Waals surface area contributed by atoms with Gasteiger partial charge in [0.2, 0.25) is 0 Å². The second-order valence-corrected chi connectivity index (χ2v) is 25.5. The van der Waals surface area contributed by atoms with E-state index in [4.69, 9.17) is 18.9 Å². The summed E-state index contributed by atoms with van der Waals surface area (Å²) in [6.45, 7) is 4.88. The minimum atomic E-state index is -1.51. The summed E-state index contributed by atoms with van der Waals surface area (Å²) in [5.74, 6) is -2.00. The molecule has 0 aromatic rings. The number of ether oxygens (including phenoxy) is 4. The average molecular weight is 1190 g/mol. The maximum atomic E-state index is 13.0. The number of carboxylic acids is 1. The highest BCUT2D eigenvalue weighted by Gasteiger charge is 2.25. The summed E-state index contributed by atoms with van der Waals surface area (Å²) in [5, 5.41) is 9.75. The monoisotopic (exact) mass is 1190 g/mol. The Labute approximate surface area is 526 Å². The summed E-state index contributed by atoms with van der Waals surface area (Å²) < 4.78 is 23.0. The molecule has 0 saturated heterocycles. The molecule has 0 aliphatic heterocycles. The van der Waals surface area contributed by atoms with Gasteiger partial charge in [-0.15, -0.1) is 0 Å². The van der Waals surface area contributed by atoms with E-state index in [-0.39, 0.29) is 32.2 Å². The van der Waals surface area contributed by atoms with Crippen molar-refractivity contribution in [2.75, 3.05) is 47.5 Å². The maximum Gasteiger partial charge on any atom is 0.361 e. The van der Waals surface area contributed by atoms with Crippen LogP contribution in [0.4, 0.5) is 0 Å². The molecule has 0 radical (unpaired) electrons. The Hall–Kier alpha value is -3.27. The molecule has 2 unspecified atom stereocenters. The van der Waals surface area contributed by atoms with Gasteiger partial charge < -0.3 is 28.5 Å². The van der Waals surface area contributed by atoms with Crippen molar-refractivity contribution in [1.29, 1.82) is 0 Å². The third kappa shape index (κ3) is 68.1. The number of carbonyl (C=O) groups excluding carboxylic acids is 2. The molecule has 2 atom stereocenters. The Balaban J connectivity index is 4.05. The van der Waals surface area contributed by atoms with Crippen molar-refractivity contribution in [3.8, 4) is 0 Å². The summed E-state index contributed by atoms with van der Waals surface area (Å²) >= 11 is 0. The predicted octanol–water partition coefficient (Wildman–Crippen LogP) is 22.5. The van der Waals surface area contributed by atoms with Crippen molar-refractivity contribution in [3.63, 3.8) is 0 Å². The first-order valence-electron chi connectivity index (χ1n) is 36.1. The number of hydrogen-bond acceptors (Lipinski definition) is 7. The number of quaternary nitrogens is 1. The molecule has 9 heteroatoms. The lowest BCUT2D eigenvalue weighted by molar-refractivity contribution is -0.870. The van der Waals surface area contributed by atoms with Crippen LogP contribution in [-0.2, 0) is 33.3 Å². The van der Waals surface area contributed by atoms with E-state index in [9.17, 15) is 19.5 Å². The molecule has 0 fully saturated rings. The molecular formula is C76H138NO8+. The Kier molecular flexibility index (Phi) is 64.1. The van der Waals surface area contributed by atoms with Gasteiger partial charge in [-0.25, -0.2) is 4.79 Å². The van der Waals surface area contributed by atoms with E-state index in [0.717, 1.165) is 77.0 Å². The molecule has 9 nitrogen and oxygen atoms in total. The molecular weight excluding hydrogens is 1050 g/mol. The van der Waals surface area contributed by atoms with Crippen molar-refractivity contribution in [2.45, 2.75) is 347 Å². The maximum absolute atomic E-state index is 13.0. The van der Waals surface area contributed by atoms with Gasteiger partial charge in [0.15, 0.2) is 6.10 Å². The quantitative estimate of drug-likeness (QED) is 0.0211. The number of carboxylic acid groups (broad SMARTS) is 1. The molecule has 0 aliphatic rings. The molecule has 1 N–H and O–H groups in total. The van der Waals surface area contributed by atoms with Crippen LogP contribution in [-0.4, -0.2) is 87.4 Å². The van der Waals surface area contributed by atoms with Gasteiger partial charge >= 0.3 is 17.9 Å². The van der Waals surface area contributed by atoms with Gasteiger partial charge in [0.1, 0.15) is 13.2 Å². The van der Waals surface area contributed by atoms with Crippen LogP contribution in [0.3, 0.4) is 0 Å². The number of rotatable bonds is 67. The Morgan fingerprint density at radius 1 is 0.353 bits per heavy atom. The Bertz CT molecular complexity index is 1620. The summed E-state index contributed by atoms with van der Waals surface area (Å²) in [6.07, 6.45) is 86.0. The number of allylic oxidation sites excluding steroid dienone is 12. The largest absolute Gasteiger partial charge is 0.477 e. The van der Waals surface area contributed by atoms with Crippen LogP contribution in [0.5, 0.6) is 0 Å². The average Bonchev–Trinajstić information content (AvgIpc) is 3.48. The van der Waals surface area contributed by atoms with Crippen LogP contribution in [0, 0.1) is 0 Å². The van der Waals surface area contributed by atoms with E-state index in [2.05, 4.69) is 86.8 Å². The summed E-state index contributed by atoms with van der Waals surface area (Å²) in [6, 6.07) is 0. The van der Waals surface area contributed by atoms with Crippen LogP contribution in [0.2, 0.25) is 0 Å². The zero-order valence-electron chi connectivity index (χ0n) is 56.5. The lowest BCUT2D eigenvalue weighted by Crippen LogP contribution is -2.40. The van der Waals surface area contributed by atoms with Gasteiger partial charge in [-0.1, -0.05) is 305 Å². The van der Waals surface area contributed by atoms with Crippen LogP contribution in [0.25, 0.3) is 0 Å². The minimum absolute atomic E-state index is 0.185. The van der Waals surface area contributed by atoms with Crippen LogP contribution < -0.4 is 0 Å². The zero-order valence-corrected chi connectivity index (χ0v) is 56.5. The third-order valence-electron chi connectivity index (χ3n) is 15.9. The second-order valence-electron chi connectivity index (χ2n) is 25.5. The number of likely N-dealkylation sites (N-methyl/N-ethyl adjacent to an activating group) is 1. The standard InChI is InChI=1S/C76H137NO8/c1-6-8-10-12-14-16-18-20-22-24-26-28-30-31-32-33-34-35-36-37-38-39-40-41-42-43-45-47-49-51-53-55-57-59-61-63-65-67-74(79)85-72(71-84-76(75(80)81)82-69-68-77(3,4)5)70-83-73(78)66-64-62-60-58-56-54-52-50-48-46-44-29-27-25-23-21-19-17-15-13-11-9-7-2/h18-21,24-27,30-31,44,46,72,76H,6-17,22-23,28-29,32-43,45,47-71H2,1-5H3/p+1/b20-18-,21-19-,26-24-,27-25-,31-30-,46-44-. The summed E-state index contributed by atoms with van der Waals surface area (Å²) in [7, 11) is 5.98. The molecule has 0 bridgehead atoms. The summed E-state index contributed by atoms with van der Waals surface area (Å²) in [5.41, 5.74) is 0. The van der Waals surface area contributed by atoms with E-state index in [1.165, 1.54) is 231 Å². The van der Waals surface area contributed by atoms with Gasteiger partial charge in [-0.05, 0) is 89.9 Å². The molecule has 0 aromatic heterocycles. The number of aliphatic carboxylic acids is 1. The topological polar surface area (TPSA) is 108 Å². The summed E-state index contributed by atoms with van der Waals surface area (Å²) in [4.78, 5) is 37.6. The van der Waals surface area contributed by atoms with E-state index in [1.54, 1.807) is 0 Å². The van der Waals surface area contributed by atoms with Gasteiger partial charge in [-0.2, -0.15) is 0 Å². The number of nitrogens with zero attached hydrogens (tertiary/aromatic N) is 1. The second kappa shape index (κ2) is 66.7. The molecule has 0 heterocycles. The normalized spacial score (nSPS) is 13.1. The van der Waals surface area contributed by atoms with Gasteiger partial charge in [-0.3, -0.25) is 9.59 Å². The smallest absolute Gasteiger partial charge is 0.361 e. The first-order valence-corrected chi connectivity index (χ1v) is 36.1. The first-order chi connectivity index (χ1) is 41.6. The molecule has 0 rings (SSSR count). The fourth-order valence-electron chi connectivity index (χ4n) is 10.4. The zero-order chi connectivity index (χ0) is 61.9. The van der Waals surface area contributed by atoms with Crippen LogP contribution in [0.15, 0.2) is 72.9 Å². The highest BCUT2D eigenvalue weighted by Crippen LogP contribution is 2.18. The molecule has 0 spiro atoms. The van der Waals surface area contributed by atoms with Crippen LogP contribution in [0.1, 0.15) is 335 Å². The van der Waals surface area contributed by atoms with Crippen molar-refractivity contribution < 1.29 is 42.9 Å². The van der Waals surface area contributed by atoms with Crippen molar-refractivity contribution in [2.24, 2.45) is 0 Å². The lowest BCUT2D eigenvalue weighted by Gasteiger charge is -2.25. The molecule has 0 saturated carbocycles. The van der Waals surface area contributed by atoms with Crippen molar-refractivity contribution >= 4 is 17.9 Å². The third-order valence-corrected chi connectivity index (χ3v) is 15.9. The molecule has 0 aliphatic carbocycles. The Morgan fingerprint density at radius 3 is 0.941 bits per heavy atom. The fraction of sp³-hybridized carbons (Fsp3) is 0.803. The van der Waals surface area contributed by atoms with Crippen LogP contribution >= 0.6 is 0 Å². The van der Waals surface area contributed by atoms with E-state index >= 15 is 0 Å². The van der Waals surface area contributed by atoms with Gasteiger partial charge in [0.05, 0.1) is 34.4 Å². The van der Waals surface area contributed by atoms with E-state index in [1.807, 2.05) is 21.1 Å².